The molecule has 1 N–H and O–H groups in total. The number of aryl methyl sites for hydroxylation is 1. The quantitative estimate of drug-likeness (QED) is 0.804. The lowest BCUT2D eigenvalue weighted by molar-refractivity contribution is -0.121. The molecule has 1 aromatic heterocycles. The highest BCUT2D eigenvalue weighted by Gasteiger charge is 2.27. The minimum atomic E-state index is -0.302. The van der Waals surface area contributed by atoms with Crippen LogP contribution in [-0.4, -0.2) is 21.2 Å². The van der Waals surface area contributed by atoms with E-state index in [2.05, 4.69) is 10.3 Å². The van der Waals surface area contributed by atoms with Crippen LogP contribution in [0.1, 0.15) is 37.1 Å². The molecule has 1 aromatic carbocycles. The molecule has 3 rings (SSSR count). The van der Waals surface area contributed by atoms with E-state index in [-0.39, 0.29) is 29.7 Å². The summed E-state index contributed by atoms with van der Waals surface area (Å²) in [6.45, 7) is 2.39. The number of hydrogen-bond donors (Lipinski definition) is 1. The number of aromatic nitrogens is 2. The minimum Gasteiger partial charge on any atom is -0.352 e. The van der Waals surface area contributed by atoms with Crippen molar-refractivity contribution in [3.05, 3.63) is 57.8 Å². The lowest BCUT2D eigenvalue weighted by atomic mass is 10.2. The zero-order valence-corrected chi connectivity index (χ0v) is 14.8. The normalized spacial score (nSPS) is 15.8. The molecule has 2 aromatic rings. The minimum absolute atomic E-state index is 0.0882. The zero-order valence-electron chi connectivity index (χ0n) is 14.0. The zero-order chi connectivity index (χ0) is 17.8. The van der Waals surface area contributed by atoms with Crippen molar-refractivity contribution in [3.63, 3.8) is 0 Å². The smallest absolute Gasteiger partial charge is 0.254 e. The van der Waals surface area contributed by atoms with Crippen LogP contribution < -0.4 is 10.9 Å². The Hall–Kier alpha value is -2.15. The third-order valence-corrected chi connectivity index (χ3v) is 5.17. The molecule has 132 valence electrons. The fraction of sp³-hybridized carbons (Fsp3) is 0.389. The van der Waals surface area contributed by atoms with E-state index >= 15 is 0 Å². The molecule has 2 heterocycles. The first kappa shape index (κ1) is 17.7. The summed E-state index contributed by atoms with van der Waals surface area (Å²) in [7, 11) is 0. The van der Waals surface area contributed by atoms with Crippen molar-refractivity contribution in [1.29, 1.82) is 0 Å². The second-order valence-corrected chi connectivity index (χ2v) is 7.05. The number of nitrogens with zero attached hydrogens (tertiary/aromatic N) is 2. The van der Waals surface area contributed by atoms with Gasteiger partial charge in [-0.3, -0.25) is 14.2 Å². The summed E-state index contributed by atoms with van der Waals surface area (Å²) < 4.78 is 14.5. The summed E-state index contributed by atoms with van der Waals surface area (Å²) in [6.07, 6.45) is 1.96. The monoisotopic (exact) mass is 361 g/mol. The number of thioether (sulfide) groups is 1. The van der Waals surface area contributed by atoms with E-state index in [4.69, 9.17) is 0 Å². The van der Waals surface area contributed by atoms with Crippen molar-refractivity contribution in [2.75, 3.05) is 5.75 Å². The molecular weight excluding hydrogens is 341 g/mol. The van der Waals surface area contributed by atoms with Crippen molar-refractivity contribution in [2.24, 2.45) is 0 Å². The molecule has 0 aliphatic carbocycles. The summed E-state index contributed by atoms with van der Waals surface area (Å²) in [6, 6.07) is 7.40. The average Bonchev–Trinajstić information content (AvgIpc) is 2.98. The Morgan fingerprint density at radius 1 is 1.40 bits per heavy atom. The third-order valence-electron chi connectivity index (χ3n) is 4.07. The van der Waals surface area contributed by atoms with Gasteiger partial charge in [-0.2, -0.15) is 0 Å². The number of halogens is 1. The first-order chi connectivity index (χ1) is 12.1. The van der Waals surface area contributed by atoms with Gasteiger partial charge in [0, 0.05) is 30.5 Å². The Balaban J connectivity index is 1.62. The number of fused-ring (bicyclic) bond motifs is 1. The van der Waals surface area contributed by atoms with Gasteiger partial charge in [0.2, 0.25) is 5.91 Å². The molecule has 1 aliphatic heterocycles. The molecular formula is C18H20FN3O2S. The van der Waals surface area contributed by atoms with Crippen LogP contribution in [-0.2, 0) is 17.8 Å². The van der Waals surface area contributed by atoms with Gasteiger partial charge in [0.1, 0.15) is 5.82 Å². The average molecular weight is 361 g/mol. The lowest BCUT2D eigenvalue weighted by Gasteiger charge is -2.13. The number of amides is 1. The standard InChI is InChI=1S/C18H20FN3O2S/c1-2-3-14-8-17(24)22-15(11-25-18(22)21-14)9-16(23)20-10-12-4-6-13(19)7-5-12/h4-8,15H,2-3,9-11H2,1H3,(H,20,23). The summed E-state index contributed by atoms with van der Waals surface area (Å²) in [4.78, 5) is 29.1. The number of rotatable bonds is 6. The van der Waals surface area contributed by atoms with Crippen molar-refractivity contribution in [2.45, 2.75) is 43.9 Å². The number of hydrogen-bond acceptors (Lipinski definition) is 4. The summed E-state index contributed by atoms with van der Waals surface area (Å²) in [5.74, 6) is 0.234. The number of carbonyl (C=O) groups is 1. The Morgan fingerprint density at radius 2 is 2.16 bits per heavy atom. The predicted octanol–water partition coefficient (Wildman–Crippen LogP) is 2.69. The highest BCUT2D eigenvalue weighted by molar-refractivity contribution is 7.99. The van der Waals surface area contributed by atoms with Gasteiger partial charge in [0.05, 0.1) is 6.04 Å². The van der Waals surface area contributed by atoms with Crippen LogP contribution in [0.2, 0.25) is 0 Å². The number of nitrogens with one attached hydrogen (secondary N) is 1. The van der Waals surface area contributed by atoms with Crippen LogP contribution in [0, 0.1) is 5.82 Å². The highest BCUT2D eigenvalue weighted by atomic mass is 32.2. The molecule has 0 bridgehead atoms. The molecule has 0 spiro atoms. The van der Waals surface area contributed by atoms with E-state index in [0.717, 1.165) is 24.1 Å². The lowest BCUT2D eigenvalue weighted by Crippen LogP contribution is -2.30. The largest absolute Gasteiger partial charge is 0.352 e. The fourth-order valence-electron chi connectivity index (χ4n) is 2.82. The topological polar surface area (TPSA) is 64.0 Å². The highest BCUT2D eigenvalue weighted by Crippen LogP contribution is 2.32. The summed E-state index contributed by atoms with van der Waals surface area (Å²) >= 11 is 1.52. The van der Waals surface area contributed by atoms with E-state index in [1.54, 1.807) is 22.8 Å². The summed E-state index contributed by atoms with van der Waals surface area (Å²) in [5, 5.41) is 3.52. The van der Waals surface area contributed by atoms with Gasteiger partial charge in [0.25, 0.3) is 5.56 Å². The van der Waals surface area contributed by atoms with Gasteiger partial charge in [-0.15, -0.1) is 0 Å². The second-order valence-electron chi connectivity index (χ2n) is 6.06. The van der Waals surface area contributed by atoms with E-state index in [9.17, 15) is 14.0 Å². The van der Waals surface area contributed by atoms with Crippen LogP contribution >= 0.6 is 11.8 Å². The molecule has 1 amide bonds. The molecule has 0 fully saturated rings. The van der Waals surface area contributed by atoms with Crippen molar-refractivity contribution < 1.29 is 9.18 Å². The van der Waals surface area contributed by atoms with E-state index in [1.165, 1.54) is 23.9 Å². The molecule has 25 heavy (non-hydrogen) atoms. The molecule has 1 atom stereocenters. The Bertz CT molecular complexity index is 820. The molecule has 1 aliphatic rings. The SMILES string of the molecule is CCCc1cc(=O)n2c(n1)SCC2CC(=O)NCc1ccc(F)cc1. The Labute approximate surface area is 149 Å². The van der Waals surface area contributed by atoms with Gasteiger partial charge < -0.3 is 5.32 Å². The van der Waals surface area contributed by atoms with Gasteiger partial charge in [-0.05, 0) is 24.1 Å². The summed E-state index contributed by atoms with van der Waals surface area (Å²) in [5.41, 5.74) is 1.56. The molecule has 0 saturated carbocycles. The van der Waals surface area contributed by atoms with Gasteiger partial charge in [0.15, 0.2) is 5.16 Å². The molecule has 7 heteroatoms. The molecule has 5 nitrogen and oxygen atoms in total. The number of carbonyl (C=O) groups excluding carboxylic acids is 1. The van der Waals surface area contributed by atoms with Gasteiger partial charge in [-0.25, -0.2) is 9.37 Å². The first-order valence-corrected chi connectivity index (χ1v) is 9.31. The van der Waals surface area contributed by atoms with Gasteiger partial charge in [-0.1, -0.05) is 37.2 Å². The van der Waals surface area contributed by atoms with Crippen LogP contribution in [0.15, 0.2) is 40.3 Å². The van der Waals surface area contributed by atoms with E-state index in [1.807, 2.05) is 6.92 Å². The van der Waals surface area contributed by atoms with Crippen LogP contribution in [0.4, 0.5) is 4.39 Å². The molecule has 1 unspecified atom stereocenters. The van der Waals surface area contributed by atoms with Crippen molar-refractivity contribution in [3.8, 4) is 0 Å². The second kappa shape index (κ2) is 7.82. The van der Waals surface area contributed by atoms with Crippen LogP contribution in [0.5, 0.6) is 0 Å². The van der Waals surface area contributed by atoms with E-state index < -0.39 is 0 Å². The van der Waals surface area contributed by atoms with Gasteiger partial charge >= 0.3 is 0 Å². The molecule has 0 radical (unpaired) electrons. The Morgan fingerprint density at radius 3 is 2.88 bits per heavy atom. The number of benzene rings is 1. The van der Waals surface area contributed by atoms with Crippen molar-refractivity contribution >= 4 is 17.7 Å². The maximum Gasteiger partial charge on any atom is 0.254 e. The van der Waals surface area contributed by atoms with E-state index in [0.29, 0.717) is 17.5 Å². The molecule has 0 saturated heterocycles. The fourth-order valence-corrected chi connectivity index (χ4v) is 3.99. The third kappa shape index (κ3) is 4.28. The van der Waals surface area contributed by atoms with Crippen LogP contribution in [0.3, 0.4) is 0 Å². The van der Waals surface area contributed by atoms with Crippen molar-refractivity contribution in [1.82, 2.24) is 14.9 Å². The maximum absolute atomic E-state index is 12.9. The van der Waals surface area contributed by atoms with Crippen LogP contribution in [0.25, 0.3) is 0 Å². The maximum atomic E-state index is 12.9. The Kier molecular flexibility index (Phi) is 5.53. The first-order valence-electron chi connectivity index (χ1n) is 8.33. The predicted molar refractivity (Wildman–Crippen MR) is 95.1 cm³/mol.